The number of hydrogen-bond donors (Lipinski definition) is 0. The van der Waals surface area contributed by atoms with Crippen molar-refractivity contribution in [3.8, 4) is 17.0 Å². The summed E-state index contributed by atoms with van der Waals surface area (Å²) in [6.07, 6.45) is 5.17. The molecule has 0 radical (unpaired) electrons. The van der Waals surface area contributed by atoms with Crippen LogP contribution in [0.15, 0.2) is 48.8 Å². The Hall–Kier alpha value is -2.29. The fourth-order valence-electron chi connectivity index (χ4n) is 2.18. The molecule has 0 N–H and O–H groups in total. The lowest BCUT2D eigenvalue weighted by molar-refractivity contribution is 0.317. The number of pyridine rings is 1. The topological polar surface area (TPSA) is 26.5 Å². The van der Waals surface area contributed by atoms with E-state index in [-0.39, 0.29) is 0 Å². The van der Waals surface area contributed by atoms with Crippen molar-refractivity contribution >= 4 is 5.65 Å². The lowest BCUT2D eigenvalue weighted by Crippen LogP contribution is -1.94. The quantitative estimate of drug-likeness (QED) is 0.667. The third-order valence-corrected chi connectivity index (χ3v) is 3.22. The number of nitrogens with zero attached hydrogens (tertiary/aromatic N) is 2. The molecule has 0 bridgehead atoms. The molecule has 3 heteroatoms. The highest BCUT2D eigenvalue weighted by atomic mass is 16.5. The van der Waals surface area contributed by atoms with Gasteiger partial charge in [-0.1, -0.05) is 26.8 Å². The van der Waals surface area contributed by atoms with Crippen molar-refractivity contribution in [2.24, 2.45) is 0 Å². The molecule has 3 rings (SSSR count). The summed E-state index contributed by atoms with van der Waals surface area (Å²) in [5, 5.41) is 0. The largest absolute Gasteiger partial charge is 0.494 e. The van der Waals surface area contributed by atoms with Gasteiger partial charge in [-0.05, 0) is 49.2 Å². The summed E-state index contributed by atoms with van der Waals surface area (Å²) in [5.74, 6) is 0.912. The fourth-order valence-corrected chi connectivity index (χ4v) is 2.18. The average molecular weight is 296 g/mol. The molecule has 22 heavy (non-hydrogen) atoms. The van der Waals surface area contributed by atoms with E-state index in [0.29, 0.717) is 0 Å². The minimum Gasteiger partial charge on any atom is -0.494 e. The second-order valence-corrected chi connectivity index (χ2v) is 4.97. The number of benzene rings is 1. The summed E-state index contributed by atoms with van der Waals surface area (Å²) in [6.45, 7) is 8.94. The van der Waals surface area contributed by atoms with Gasteiger partial charge in [-0.2, -0.15) is 0 Å². The molecule has 3 nitrogen and oxygen atoms in total. The van der Waals surface area contributed by atoms with Crippen LogP contribution in [0.4, 0.5) is 0 Å². The Morgan fingerprint density at radius 2 is 1.73 bits per heavy atom. The molecular weight excluding hydrogens is 272 g/mol. The van der Waals surface area contributed by atoms with Crippen LogP contribution < -0.4 is 4.74 Å². The maximum atomic E-state index is 5.60. The van der Waals surface area contributed by atoms with Crippen molar-refractivity contribution < 1.29 is 4.74 Å². The van der Waals surface area contributed by atoms with E-state index in [1.54, 1.807) is 0 Å². The molecule has 1 aromatic carbocycles. The van der Waals surface area contributed by atoms with Crippen LogP contribution in [0.2, 0.25) is 0 Å². The summed E-state index contributed by atoms with van der Waals surface area (Å²) >= 11 is 0. The molecular formula is C19H24N2O. The van der Waals surface area contributed by atoms with E-state index in [4.69, 9.17) is 4.74 Å². The molecule has 0 amide bonds. The van der Waals surface area contributed by atoms with Gasteiger partial charge in [0.05, 0.1) is 12.3 Å². The minimum atomic E-state index is 0.757. The number of imidazole rings is 1. The molecule has 2 aromatic heterocycles. The zero-order valence-corrected chi connectivity index (χ0v) is 13.8. The van der Waals surface area contributed by atoms with Gasteiger partial charge in [-0.3, -0.25) is 0 Å². The lowest BCUT2D eigenvalue weighted by atomic mass is 10.2. The lowest BCUT2D eigenvalue weighted by Gasteiger charge is -2.04. The maximum absolute atomic E-state index is 5.60. The first-order chi connectivity index (χ1) is 10.8. The van der Waals surface area contributed by atoms with E-state index in [1.165, 1.54) is 5.56 Å². The van der Waals surface area contributed by atoms with Gasteiger partial charge in [-0.15, -0.1) is 0 Å². The van der Waals surface area contributed by atoms with Gasteiger partial charge in [0, 0.05) is 18.0 Å². The van der Waals surface area contributed by atoms with Crippen LogP contribution in [0.5, 0.6) is 5.75 Å². The third kappa shape index (κ3) is 3.67. The molecule has 0 aliphatic heterocycles. The van der Waals surface area contributed by atoms with E-state index in [0.717, 1.165) is 35.7 Å². The number of fused-ring (bicyclic) bond motifs is 1. The smallest absolute Gasteiger partial charge is 0.137 e. The SMILES string of the molecule is CC.CCCOc1ccc(-c2cn3cc(C)ccc3n2)cc1. The Balaban J connectivity index is 0.000000847. The predicted molar refractivity (Wildman–Crippen MR) is 92.5 cm³/mol. The molecule has 0 fully saturated rings. The first kappa shape index (κ1) is 16.1. The van der Waals surface area contributed by atoms with Gasteiger partial charge in [0.2, 0.25) is 0 Å². The van der Waals surface area contributed by atoms with Crippen LogP contribution in [0.1, 0.15) is 32.8 Å². The van der Waals surface area contributed by atoms with Gasteiger partial charge in [0.15, 0.2) is 0 Å². The van der Waals surface area contributed by atoms with Crippen molar-refractivity contribution in [2.45, 2.75) is 34.1 Å². The van der Waals surface area contributed by atoms with E-state index in [9.17, 15) is 0 Å². The number of hydrogen-bond acceptors (Lipinski definition) is 2. The third-order valence-electron chi connectivity index (χ3n) is 3.22. The highest BCUT2D eigenvalue weighted by molar-refractivity contribution is 5.63. The van der Waals surface area contributed by atoms with E-state index < -0.39 is 0 Å². The summed E-state index contributed by atoms with van der Waals surface area (Å²) in [4.78, 5) is 4.64. The molecule has 0 saturated carbocycles. The number of aryl methyl sites for hydroxylation is 1. The molecule has 0 unspecified atom stereocenters. The zero-order valence-electron chi connectivity index (χ0n) is 13.8. The summed E-state index contributed by atoms with van der Waals surface area (Å²) in [6, 6.07) is 12.2. The standard InChI is InChI=1S/C17H18N2O.C2H6/c1-3-10-20-15-7-5-14(6-8-15)16-12-19-11-13(2)4-9-17(19)18-16;1-2/h4-9,11-12H,3,10H2,1-2H3;1-2H3. The van der Waals surface area contributed by atoms with Gasteiger partial charge >= 0.3 is 0 Å². The zero-order chi connectivity index (χ0) is 15.9. The van der Waals surface area contributed by atoms with Gasteiger partial charge < -0.3 is 9.14 Å². The number of rotatable bonds is 4. The van der Waals surface area contributed by atoms with Crippen molar-refractivity contribution in [1.82, 2.24) is 9.38 Å². The number of aromatic nitrogens is 2. The van der Waals surface area contributed by atoms with Gasteiger partial charge in [0.25, 0.3) is 0 Å². The van der Waals surface area contributed by atoms with E-state index in [2.05, 4.69) is 53.8 Å². The second kappa shape index (κ2) is 7.64. The van der Waals surface area contributed by atoms with Crippen LogP contribution >= 0.6 is 0 Å². The van der Waals surface area contributed by atoms with Gasteiger partial charge in [-0.25, -0.2) is 4.98 Å². The highest BCUT2D eigenvalue weighted by Gasteiger charge is 2.04. The Labute approximate surface area is 132 Å². The fraction of sp³-hybridized carbons (Fsp3) is 0.316. The molecule has 0 saturated heterocycles. The Morgan fingerprint density at radius 1 is 1.00 bits per heavy atom. The normalized spacial score (nSPS) is 10.2. The van der Waals surface area contributed by atoms with Crippen molar-refractivity contribution in [3.05, 3.63) is 54.4 Å². The van der Waals surface area contributed by atoms with Crippen LogP contribution in [-0.2, 0) is 0 Å². The molecule has 0 spiro atoms. The van der Waals surface area contributed by atoms with Gasteiger partial charge in [0.1, 0.15) is 11.4 Å². The number of ether oxygens (including phenoxy) is 1. The maximum Gasteiger partial charge on any atom is 0.137 e. The van der Waals surface area contributed by atoms with Crippen molar-refractivity contribution in [1.29, 1.82) is 0 Å². The summed E-state index contributed by atoms with van der Waals surface area (Å²) < 4.78 is 7.66. The summed E-state index contributed by atoms with van der Waals surface area (Å²) in [7, 11) is 0. The van der Waals surface area contributed by atoms with E-state index in [1.807, 2.05) is 32.0 Å². The molecule has 2 heterocycles. The molecule has 116 valence electrons. The molecule has 0 atom stereocenters. The van der Waals surface area contributed by atoms with Crippen LogP contribution in [0, 0.1) is 6.92 Å². The Bertz CT molecular complexity index is 714. The minimum absolute atomic E-state index is 0.757. The van der Waals surface area contributed by atoms with Crippen LogP contribution in [0.3, 0.4) is 0 Å². The Morgan fingerprint density at radius 3 is 2.41 bits per heavy atom. The van der Waals surface area contributed by atoms with Crippen LogP contribution in [-0.4, -0.2) is 16.0 Å². The van der Waals surface area contributed by atoms with Crippen LogP contribution in [0.25, 0.3) is 16.9 Å². The highest BCUT2D eigenvalue weighted by Crippen LogP contribution is 2.22. The average Bonchev–Trinajstić information content (AvgIpc) is 2.98. The van der Waals surface area contributed by atoms with E-state index >= 15 is 0 Å². The molecule has 0 aliphatic rings. The first-order valence-corrected chi connectivity index (χ1v) is 7.95. The van der Waals surface area contributed by atoms with Crippen molar-refractivity contribution in [3.63, 3.8) is 0 Å². The second-order valence-electron chi connectivity index (χ2n) is 4.97. The summed E-state index contributed by atoms with van der Waals surface area (Å²) in [5.41, 5.74) is 4.29. The monoisotopic (exact) mass is 296 g/mol. The van der Waals surface area contributed by atoms with Crippen molar-refractivity contribution in [2.75, 3.05) is 6.61 Å². The predicted octanol–water partition coefficient (Wildman–Crippen LogP) is 5.12. The Kier molecular flexibility index (Phi) is 5.59. The first-order valence-electron chi connectivity index (χ1n) is 7.95. The molecule has 0 aliphatic carbocycles. The molecule has 3 aromatic rings.